The van der Waals surface area contributed by atoms with Crippen LogP contribution in [-0.4, -0.2) is 27.4 Å². The van der Waals surface area contributed by atoms with E-state index in [2.05, 4.69) is 30.8 Å². The zero-order valence-electron chi connectivity index (χ0n) is 13.4. The molecule has 0 spiro atoms. The smallest absolute Gasteiger partial charge is 0.240 e. The van der Waals surface area contributed by atoms with Crippen molar-refractivity contribution < 1.29 is 22.0 Å². The molecule has 5 nitrogen and oxygen atoms in total. The first kappa shape index (κ1) is 19.5. The highest BCUT2D eigenvalue weighted by molar-refractivity contribution is 7.89. The number of carbonyl (C=O) groups excluding carboxylic acids is 1. The van der Waals surface area contributed by atoms with E-state index in [1.807, 2.05) is 0 Å². The number of carbonyl (C=O) groups is 1. The molecule has 1 amide bonds. The van der Waals surface area contributed by atoms with Crippen LogP contribution in [0, 0.1) is 17.0 Å². The summed E-state index contributed by atoms with van der Waals surface area (Å²) in [6.45, 7) is 6.54. The van der Waals surface area contributed by atoms with Crippen molar-refractivity contribution >= 4 is 15.9 Å². The summed E-state index contributed by atoms with van der Waals surface area (Å²) in [5, 5.41) is 2.70. The average molecular weight is 348 g/mol. The maximum atomic E-state index is 13.1. The first-order chi connectivity index (χ1) is 10.5. The lowest BCUT2D eigenvalue weighted by atomic mass is 9.92. The van der Waals surface area contributed by atoms with Gasteiger partial charge in [0, 0.05) is 19.5 Å². The summed E-state index contributed by atoms with van der Waals surface area (Å²) < 4.78 is 51.8. The standard InChI is InChI=1S/C15H22F2N2O3S/c1-15(2,3)7-9-18-14(20)6-8-19-23(21,22)11-4-5-12(16)13(17)10-11/h4-5,10,19H,6-9H2,1-3H3,(H,18,20). The molecule has 1 rings (SSSR count). The summed E-state index contributed by atoms with van der Waals surface area (Å²) >= 11 is 0. The number of nitrogens with one attached hydrogen (secondary N) is 2. The summed E-state index contributed by atoms with van der Waals surface area (Å²) in [6.07, 6.45) is 0.770. The van der Waals surface area contributed by atoms with Gasteiger partial charge in [0.05, 0.1) is 4.90 Å². The lowest BCUT2D eigenvalue weighted by Crippen LogP contribution is -2.32. The topological polar surface area (TPSA) is 75.3 Å². The van der Waals surface area contributed by atoms with Gasteiger partial charge in [0.2, 0.25) is 15.9 Å². The first-order valence-corrected chi connectivity index (χ1v) is 8.71. The van der Waals surface area contributed by atoms with Gasteiger partial charge in [0.15, 0.2) is 11.6 Å². The normalized spacial score (nSPS) is 12.2. The molecule has 2 N–H and O–H groups in total. The third kappa shape index (κ3) is 7.04. The molecule has 1 aromatic carbocycles. The Hall–Kier alpha value is -1.54. The van der Waals surface area contributed by atoms with E-state index in [-0.39, 0.29) is 29.2 Å². The van der Waals surface area contributed by atoms with E-state index in [0.717, 1.165) is 18.6 Å². The Balaban J connectivity index is 2.45. The van der Waals surface area contributed by atoms with Crippen molar-refractivity contribution in [3.63, 3.8) is 0 Å². The number of hydrogen-bond acceptors (Lipinski definition) is 3. The zero-order valence-corrected chi connectivity index (χ0v) is 14.3. The summed E-state index contributed by atoms with van der Waals surface area (Å²) in [7, 11) is -3.98. The van der Waals surface area contributed by atoms with Crippen LogP contribution in [0.5, 0.6) is 0 Å². The van der Waals surface area contributed by atoms with Crippen LogP contribution >= 0.6 is 0 Å². The molecule has 8 heteroatoms. The summed E-state index contributed by atoms with van der Waals surface area (Å²) in [5.41, 5.74) is 0.0987. The number of halogens is 2. The third-order valence-corrected chi connectivity index (χ3v) is 4.50. The lowest BCUT2D eigenvalue weighted by Gasteiger charge is -2.18. The van der Waals surface area contributed by atoms with Crippen molar-refractivity contribution in [2.24, 2.45) is 5.41 Å². The molecule has 0 unspecified atom stereocenters. The van der Waals surface area contributed by atoms with Crippen molar-refractivity contribution in [1.82, 2.24) is 10.0 Å². The molecular formula is C15H22F2N2O3S. The van der Waals surface area contributed by atoms with Gasteiger partial charge in [-0.3, -0.25) is 4.79 Å². The van der Waals surface area contributed by atoms with Crippen molar-refractivity contribution in [3.8, 4) is 0 Å². The van der Waals surface area contributed by atoms with E-state index in [9.17, 15) is 22.0 Å². The van der Waals surface area contributed by atoms with Gasteiger partial charge in [-0.15, -0.1) is 0 Å². The van der Waals surface area contributed by atoms with E-state index in [4.69, 9.17) is 0 Å². The molecule has 130 valence electrons. The molecular weight excluding hydrogens is 326 g/mol. The molecule has 0 atom stereocenters. The highest BCUT2D eigenvalue weighted by atomic mass is 32.2. The molecule has 0 aliphatic carbocycles. The number of hydrogen-bond donors (Lipinski definition) is 2. The van der Waals surface area contributed by atoms with Gasteiger partial charge in [-0.05, 0) is 30.0 Å². The monoisotopic (exact) mass is 348 g/mol. The van der Waals surface area contributed by atoms with E-state index in [1.165, 1.54) is 0 Å². The Morgan fingerprint density at radius 2 is 1.78 bits per heavy atom. The summed E-state index contributed by atoms with van der Waals surface area (Å²) in [4.78, 5) is 11.2. The van der Waals surface area contributed by atoms with E-state index in [0.29, 0.717) is 12.6 Å². The molecule has 0 saturated heterocycles. The van der Waals surface area contributed by atoms with Crippen LogP contribution in [0.1, 0.15) is 33.6 Å². The number of rotatable bonds is 7. The van der Waals surface area contributed by atoms with Crippen molar-refractivity contribution in [1.29, 1.82) is 0 Å². The van der Waals surface area contributed by atoms with Gasteiger partial charge >= 0.3 is 0 Å². The predicted molar refractivity (Wildman–Crippen MR) is 83.2 cm³/mol. The highest BCUT2D eigenvalue weighted by Crippen LogP contribution is 2.17. The highest BCUT2D eigenvalue weighted by Gasteiger charge is 2.17. The molecule has 23 heavy (non-hydrogen) atoms. The molecule has 0 aromatic heterocycles. The van der Waals surface area contributed by atoms with E-state index >= 15 is 0 Å². The van der Waals surface area contributed by atoms with Gasteiger partial charge in [-0.1, -0.05) is 20.8 Å². The van der Waals surface area contributed by atoms with Crippen LogP contribution in [0.15, 0.2) is 23.1 Å². The van der Waals surface area contributed by atoms with Gasteiger partial charge in [-0.2, -0.15) is 0 Å². The molecule has 0 fully saturated rings. The third-order valence-electron chi connectivity index (χ3n) is 3.04. The Labute approximate surface area is 135 Å². The zero-order chi connectivity index (χ0) is 17.7. The maximum absolute atomic E-state index is 13.1. The maximum Gasteiger partial charge on any atom is 0.240 e. The fourth-order valence-electron chi connectivity index (χ4n) is 1.69. The molecule has 0 bridgehead atoms. The van der Waals surface area contributed by atoms with Gasteiger partial charge in [0.25, 0.3) is 0 Å². The van der Waals surface area contributed by atoms with Crippen molar-refractivity contribution in [2.45, 2.75) is 38.5 Å². The average Bonchev–Trinajstić information content (AvgIpc) is 2.40. The quantitative estimate of drug-likeness (QED) is 0.793. The van der Waals surface area contributed by atoms with E-state index in [1.54, 1.807) is 0 Å². The molecule has 0 heterocycles. The predicted octanol–water partition coefficient (Wildman–Crippen LogP) is 2.19. The van der Waals surface area contributed by atoms with Crippen molar-refractivity contribution in [2.75, 3.05) is 13.1 Å². The van der Waals surface area contributed by atoms with Crippen LogP contribution in [0.2, 0.25) is 0 Å². The van der Waals surface area contributed by atoms with Crippen LogP contribution < -0.4 is 10.0 Å². The Kier molecular flexibility index (Phi) is 6.64. The SMILES string of the molecule is CC(C)(C)CCNC(=O)CCNS(=O)(=O)c1ccc(F)c(F)c1. The van der Waals surface area contributed by atoms with Crippen molar-refractivity contribution in [3.05, 3.63) is 29.8 Å². The largest absolute Gasteiger partial charge is 0.356 e. The first-order valence-electron chi connectivity index (χ1n) is 7.23. The Morgan fingerprint density at radius 1 is 1.13 bits per heavy atom. The minimum absolute atomic E-state index is 0.0347. The molecule has 0 aliphatic rings. The second-order valence-electron chi connectivity index (χ2n) is 6.38. The van der Waals surface area contributed by atoms with Crippen LogP contribution in [0.4, 0.5) is 8.78 Å². The van der Waals surface area contributed by atoms with Crippen LogP contribution in [0.3, 0.4) is 0 Å². The molecule has 1 aromatic rings. The Morgan fingerprint density at radius 3 is 2.35 bits per heavy atom. The second-order valence-corrected chi connectivity index (χ2v) is 8.15. The second kappa shape index (κ2) is 7.83. The lowest BCUT2D eigenvalue weighted by molar-refractivity contribution is -0.121. The fraction of sp³-hybridized carbons (Fsp3) is 0.533. The minimum Gasteiger partial charge on any atom is -0.356 e. The molecule has 0 radical (unpaired) electrons. The number of benzene rings is 1. The molecule has 0 aliphatic heterocycles. The molecule has 0 saturated carbocycles. The van der Waals surface area contributed by atoms with Gasteiger partial charge < -0.3 is 5.32 Å². The minimum atomic E-state index is -3.98. The Bertz CT molecular complexity index is 655. The van der Waals surface area contributed by atoms with E-state index < -0.39 is 21.7 Å². The number of amides is 1. The summed E-state index contributed by atoms with van der Waals surface area (Å²) in [5.74, 6) is -2.64. The number of sulfonamides is 1. The summed E-state index contributed by atoms with van der Waals surface area (Å²) in [6, 6.07) is 2.30. The fourth-order valence-corrected chi connectivity index (χ4v) is 2.73. The van der Waals surface area contributed by atoms with Crippen LogP contribution in [0.25, 0.3) is 0 Å². The van der Waals surface area contributed by atoms with Gasteiger partial charge in [-0.25, -0.2) is 21.9 Å². The van der Waals surface area contributed by atoms with Gasteiger partial charge in [0.1, 0.15) is 0 Å². The van der Waals surface area contributed by atoms with Crippen LogP contribution in [-0.2, 0) is 14.8 Å².